The highest BCUT2D eigenvalue weighted by atomic mass is 16.5. The monoisotopic (exact) mass is 336 g/mol. The van der Waals surface area contributed by atoms with E-state index in [-0.39, 0.29) is 5.91 Å². The maximum atomic E-state index is 11.3. The molecule has 5 N–H and O–H groups in total. The van der Waals surface area contributed by atoms with E-state index in [0.29, 0.717) is 65.8 Å². The number of carbonyl (C=O) groups is 1. The summed E-state index contributed by atoms with van der Waals surface area (Å²) in [6, 6.07) is 0. The molecule has 0 bridgehead atoms. The third-order valence-corrected chi connectivity index (χ3v) is 2.41. The van der Waals surface area contributed by atoms with Crippen LogP contribution in [-0.4, -0.2) is 85.3 Å². The Hall–Kier alpha value is -0.770. The van der Waals surface area contributed by atoms with Gasteiger partial charge in [0.15, 0.2) is 0 Å². The molecular weight excluding hydrogens is 300 g/mol. The quantitative estimate of drug-likeness (QED) is 0.266. The minimum atomic E-state index is -0.00828. The van der Waals surface area contributed by atoms with E-state index in [9.17, 15) is 4.79 Å². The maximum Gasteiger partial charge on any atom is 0.234 e. The molecule has 0 spiro atoms. The number of ether oxygens (including phenoxy) is 3. The minimum Gasteiger partial charge on any atom is -0.378 e. The van der Waals surface area contributed by atoms with Crippen molar-refractivity contribution in [3.63, 3.8) is 0 Å². The Labute approximate surface area is 140 Å². The molecule has 0 aromatic carbocycles. The second-order valence-corrected chi connectivity index (χ2v) is 4.26. The molecule has 0 radical (unpaired) electrons. The number of nitrogens with one attached hydrogen (secondary N) is 3. The predicted molar refractivity (Wildman–Crippen MR) is 92.7 cm³/mol. The van der Waals surface area contributed by atoms with Crippen molar-refractivity contribution in [1.29, 1.82) is 0 Å². The second-order valence-electron chi connectivity index (χ2n) is 4.26. The summed E-state index contributed by atoms with van der Waals surface area (Å²) < 4.78 is 15.8. The number of likely N-dealkylation sites (N-methyl/N-ethyl adjacent to an activating group) is 1. The number of hydrogen-bond donors (Lipinski definition) is 4. The summed E-state index contributed by atoms with van der Waals surface area (Å²) in [5.41, 5.74) is 5.28. The Morgan fingerprint density at radius 3 is 2.00 bits per heavy atom. The molecule has 0 rings (SSSR count). The zero-order valence-corrected chi connectivity index (χ0v) is 15.0. The van der Waals surface area contributed by atoms with Crippen molar-refractivity contribution in [2.24, 2.45) is 5.73 Å². The lowest BCUT2D eigenvalue weighted by molar-refractivity contribution is -0.120. The highest BCUT2D eigenvalue weighted by molar-refractivity contribution is 5.77. The van der Waals surface area contributed by atoms with Gasteiger partial charge in [0.2, 0.25) is 5.91 Å². The van der Waals surface area contributed by atoms with Gasteiger partial charge >= 0.3 is 0 Å². The topological polar surface area (TPSA) is 107 Å². The van der Waals surface area contributed by atoms with E-state index in [1.165, 1.54) is 0 Å². The van der Waals surface area contributed by atoms with E-state index in [0.717, 1.165) is 6.54 Å². The van der Waals surface area contributed by atoms with Gasteiger partial charge in [-0.15, -0.1) is 0 Å². The molecule has 0 aromatic rings. The van der Waals surface area contributed by atoms with Crippen molar-refractivity contribution in [1.82, 2.24) is 16.0 Å². The van der Waals surface area contributed by atoms with Gasteiger partial charge in [0.25, 0.3) is 0 Å². The molecule has 0 aliphatic carbocycles. The Morgan fingerprint density at radius 2 is 1.43 bits per heavy atom. The molecule has 0 aromatic heterocycles. The van der Waals surface area contributed by atoms with Gasteiger partial charge in [-0.05, 0) is 7.05 Å². The van der Waals surface area contributed by atoms with Crippen molar-refractivity contribution in [2.45, 2.75) is 13.8 Å². The maximum absolute atomic E-state index is 11.3. The SMILES string of the molecule is CC.CNCCNC(=O)CNCCOCCOCCOCCN. The summed E-state index contributed by atoms with van der Waals surface area (Å²) in [4.78, 5) is 11.3. The van der Waals surface area contributed by atoms with Crippen LogP contribution in [0.1, 0.15) is 13.8 Å². The zero-order chi connectivity index (χ0) is 17.6. The van der Waals surface area contributed by atoms with Crippen LogP contribution >= 0.6 is 0 Å². The van der Waals surface area contributed by atoms with Crippen LogP contribution in [0.2, 0.25) is 0 Å². The molecule has 0 fully saturated rings. The lowest BCUT2D eigenvalue weighted by atomic mass is 10.5. The first kappa shape index (κ1) is 24.5. The Bertz CT molecular complexity index is 234. The molecular formula is C15H36N4O4. The molecule has 8 nitrogen and oxygen atoms in total. The molecule has 0 saturated heterocycles. The summed E-state index contributed by atoms with van der Waals surface area (Å²) in [6.45, 7) is 10.2. The molecule has 0 unspecified atom stereocenters. The molecule has 0 aliphatic rings. The van der Waals surface area contributed by atoms with Gasteiger partial charge in [-0.25, -0.2) is 0 Å². The lowest BCUT2D eigenvalue weighted by Crippen LogP contribution is -2.38. The van der Waals surface area contributed by atoms with Gasteiger partial charge in [0, 0.05) is 26.2 Å². The van der Waals surface area contributed by atoms with Gasteiger partial charge < -0.3 is 35.9 Å². The van der Waals surface area contributed by atoms with Crippen molar-refractivity contribution in [3.8, 4) is 0 Å². The van der Waals surface area contributed by atoms with Crippen LogP contribution in [0.5, 0.6) is 0 Å². The number of hydrogen-bond acceptors (Lipinski definition) is 7. The third kappa shape index (κ3) is 23.6. The van der Waals surface area contributed by atoms with Crippen LogP contribution in [-0.2, 0) is 19.0 Å². The fourth-order valence-corrected chi connectivity index (χ4v) is 1.36. The predicted octanol–water partition coefficient (Wildman–Crippen LogP) is -1.05. The normalized spacial score (nSPS) is 10.1. The average molecular weight is 336 g/mol. The third-order valence-electron chi connectivity index (χ3n) is 2.41. The smallest absolute Gasteiger partial charge is 0.234 e. The van der Waals surface area contributed by atoms with Gasteiger partial charge in [-0.1, -0.05) is 13.8 Å². The van der Waals surface area contributed by atoms with E-state index in [2.05, 4.69) is 16.0 Å². The van der Waals surface area contributed by atoms with Gasteiger partial charge in [-0.2, -0.15) is 0 Å². The van der Waals surface area contributed by atoms with E-state index >= 15 is 0 Å². The minimum absolute atomic E-state index is 0.00828. The van der Waals surface area contributed by atoms with E-state index in [1.807, 2.05) is 20.9 Å². The first-order valence-electron chi connectivity index (χ1n) is 8.36. The molecule has 0 aliphatic heterocycles. The van der Waals surface area contributed by atoms with Crippen LogP contribution < -0.4 is 21.7 Å². The molecule has 0 heterocycles. The first-order chi connectivity index (χ1) is 11.3. The fraction of sp³-hybridized carbons (Fsp3) is 0.933. The van der Waals surface area contributed by atoms with Gasteiger partial charge in [-0.3, -0.25) is 4.79 Å². The van der Waals surface area contributed by atoms with Crippen LogP contribution in [0.15, 0.2) is 0 Å². The Morgan fingerprint density at radius 1 is 0.870 bits per heavy atom. The number of carbonyl (C=O) groups excluding carboxylic acids is 1. The second kappa shape index (κ2) is 23.5. The van der Waals surface area contributed by atoms with Crippen molar-refractivity contribution in [3.05, 3.63) is 0 Å². The van der Waals surface area contributed by atoms with Gasteiger partial charge in [0.05, 0.1) is 46.2 Å². The molecule has 0 atom stereocenters. The van der Waals surface area contributed by atoms with Crippen LogP contribution in [0.25, 0.3) is 0 Å². The summed E-state index contributed by atoms with van der Waals surface area (Å²) in [6.07, 6.45) is 0. The highest BCUT2D eigenvalue weighted by Gasteiger charge is 1.98. The number of amides is 1. The molecule has 140 valence electrons. The van der Waals surface area contributed by atoms with Crippen LogP contribution in [0, 0.1) is 0 Å². The molecule has 1 amide bonds. The van der Waals surface area contributed by atoms with Gasteiger partial charge in [0.1, 0.15) is 0 Å². The van der Waals surface area contributed by atoms with Crippen LogP contribution in [0.4, 0.5) is 0 Å². The average Bonchev–Trinajstić information content (AvgIpc) is 2.58. The Balaban J connectivity index is 0. The molecule has 0 saturated carbocycles. The van der Waals surface area contributed by atoms with Crippen molar-refractivity contribution in [2.75, 3.05) is 79.4 Å². The summed E-state index contributed by atoms with van der Waals surface area (Å²) in [5.74, 6) is -0.00828. The fourth-order valence-electron chi connectivity index (χ4n) is 1.36. The molecule has 23 heavy (non-hydrogen) atoms. The van der Waals surface area contributed by atoms with Crippen molar-refractivity contribution < 1.29 is 19.0 Å². The standard InChI is InChI=1S/C13H30N4O4.C2H6/c1-15-3-4-17-13(18)12-16-5-7-20-9-11-21-10-8-19-6-2-14;1-2/h15-16H,2-12,14H2,1H3,(H,17,18);1-2H3. The lowest BCUT2D eigenvalue weighted by Gasteiger charge is -2.08. The number of nitrogens with two attached hydrogens (primary N) is 1. The highest BCUT2D eigenvalue weighted by Crippen LogP contribution is 1.80. The summed E-state index contributed by atoms with van der Waals surface area (Å²) in [5, 5.41) is 8.74. The van der Waals surface area contributed by atoms with E-state index in [1.54, 1.807) is 0 Å². The number of rotatable bonds is 16. The summed E-state index contributed by atoms with van der Waals surface area (Å²) >= 11 is 0. The Kier molecular flexibility index (Phi) is 25.0. The van der Waals surface area contributed by atoms with E-state index in [4.69, 9.17) is 19.9 Å². The molecule has 8 heteroatoms. The summed E-state index contributed by atoms with van der Waals surface area (Å²) in [7, 11) is 1.85. The zero-order valence-electron chi connectivity index (χ0n) is 15.0. The van der Waals surface area contributed by atoms with Crippen molar-refractivity contribution >= 4 is 5.91 Å². The largest absolute Gasteiger partial charge is 0.378 e. The van der Waals surface area contributed by atoms with E-state index < -0.39 is 0 Å². The first-order valence-corrected chi connectivity index (χ1v) is 8.36. The van der Waals surface area contributed by atoms with Crippen LogP contribution in [0.3, 0.4) is 0 Å².